The van der Waals surface area contributed by atoms with E-state index in [-0.39, 0.29) is 11.3 Å². The van der Waals surface area contributed by atoms with Crippen LogP contribution in [-0.2, 0) is 0 Å². The highest BCUT2D eigenvalue weighted by atomic mass is 19.4. The van der Waals surface area contributed by atoms with E-state index in [0.717, 1.165) is 12.1 Å². The lowest BCUT2D eigenvalue weighted by molar-refractivity contribution is -0.306. The molecule has 0 aliphatic rings. The molecule has 0 aliphatic carbocycles. The number of benzene rings is 1. The second-order valence-electron chi connectivity index (χ2n) is 3.52. The van der Waals surface area contributed by atoms with Crippen LogP contribution < -0.4 is 4.74 Å². The molecule has 0 saturated heterocycles. The lowest BCUT2D eigenvalue weighted by Gasteiger charge is -2.26. The van der Waals surface area contributed by atoms with Crippen LogP contribution in [0.3, 0.4) is 0 Å². The van der Waals surface area contributed by atoms with Crippen LogP contribution in [-0.4, -0.2) is 18.2 Å². The van der Waals surface area contributed by atoms with E-state index in [2.05, 4.69) is 4.74 Å². The normalized spacial score (nSPS) is 12.8. The van der Waals surface area contributed by atoms with Crippen LogP contribution >= 0.6 is 0 Å². The van der Waals surface area contributed by atoms with Gasteiger partial charge in [0.15, 0.2) is 6.10 Å². The second kappa shape index (κ2) is 7.08. The Morgan fingerprint density at radius 1 is 1.05 bits per heavy atom. The number of hydrogen-bond donors (Lipinski definition) is 0. The first-order valence-electron chi connectivity index (χ1n) is 5.80. The Morgan fingerprint density at radius 2 is 1.50 bits per heavy atom. The quantitative estimate of drug-likeness (QED) is 0.766. The molecule has 2 nitrogen and oxygen atoms in total. The molecule has 1 rings (SSSR count). The Balaban J connectivity index is 0.00000172. The molecule has 1 aromatic rings. The van der Waals surface area contributed by atoms with Gasteiger partial charge in [0.2, 0.25) is 0 Å². The van der Waals surface area contributed by atoms with Gasteiger partial charge in [0.25, 0.3) is 0 Å². The van der Waals surface area contributed by atoms with Crippen molar-refractivity contribution < 1.29 is 26.7 Å². The van der Waals surface area contributed by atoms with Gasteiger partial charge in [-0.05, 0) is 31.2 Å². The third kappa shape index (κ3) is 4.37. The first-order valence-corrected chi connectivity index (χ1v) is 5.80. The summed E-state index contributed by atoms with van der Waals surface area (Å²) in [5.74, 6) is -5.11. The Morgan fingerprint density at radius 3 is 1.85 bits per heavy atom. The largest absolute Gasteiger partial charge is 0.484 e. The van der Waals surface area contributed by atoms with Crippen LogP contribution in [0.2, 0.25) is 0 Å². The average molecular weight is 295 g/mol. The fourth-order valence-electron chi connectivity index (χ4n) is 1.12. The molecule has 0 saturated carbocycles. The van der Waals surface area contributed by atoms with Crippen molar-refractivity contribution in [2.24, 2.45) is 0 Å². The van der Waals surface area contributed by atoms with Gasteiger partial charge in [-0.1, -0.05) is 13.8 Å². The van der Waals surface area contributed by atoms with Crippen molar-refractivity contribution in [3.8, 4) is 11.8 Å². The van der Waals surface area contributed by atoms with Gasteiger partial charge in [-0.2, -0.15) is 27.2 Å². The molecule has 0 amide bonds. The standard InChI is InChI=1S/C11H8F5NO.C2H6/c1-7(10(12,13)11(14,15)16)18-9-4-2-8(6-17)3-5-9;1-2/h2-5,7H,1H3;1-2H3. The molecule has 1 unspecified atom stereocenters. The first kappa shape index (κ1) is 18.2. The molecule has 0 aliphatic heterocycles. The molecule has 1 aromatic carbocycles. The zero-order valence-electron chi connectivity index (χ0n) is 11.1. The zero-order valence-corrected chi connectivity index (χ0v) is 11.1. The van der Waals surface area contributed by atoms with Gasteiger partial charge in [-0.3, -0.25) is 0 Å². The highest BCUT2D eigenvalue weighted by Crippen LogP contribution is 2.39. The zero-order chi connectivity index (χ0) is 16.0. The third-order valence-corrected chi connectivity index (χ3v) is 2.18. The number of nitrogens with zero attached hydrogens (tertiary/aromatic N) is 1. The van der Waals surface area contributed by atoms with Crippen molar-refractivity contribution in [1.29, 1.82) is 5.26 Å². The molecule has 0 heterocycles. The summed E-state index contributed by atoms with van der Waals surface area (Å²) in [6, 6.07) is 6.60. The van der Waals surface area contributed by atoms with Crippen LogP contribution in [0, 0.1) is 11.3 Å². The highest BCUT2D eigenvalue weighted by Gasteiger charge is 2.62. The summed E-state index contributed by atoms with van der Waals surface area (Å²) < 4.78 is 66.3. The van der Waals surface area contributed by atoms with E-state index in [1.807, 2.05) is 13.8 Å². The second-order valence-corrected chi connectivity index (χ2v) is 3.52. The number of nitriles is 1. The molecule has 0 spiro atoms. The lowest BCUT2D eigenvalue weighted by atomic mass is 10.2. The van der Waals surface area contributed by atoms with E-state index in [1.54, 1.807) is 6.07 Å². The van der Waals surface area contributed by atoms with Crippen molar-refractivity contribution in [3.05, 3.63) is 29.8 Å². The molecule has 0 N–H and O–H groups in total. The van der Waals surface area contributed by atoms with Gasteiger partial charge in [-0.15, -0.1) is 0 Å². The minimum absolute atomic E-state index is 0.162. The smallest absolute Gasteiger partial charge is 0.457 e. The van der Waals surface area contributed by atoms with Crippen LogP contribution in [0.25, 0.3) is 0 Å². The first-order chi connectivity index (χ1) is 9.18. The van der Waals surface area contributed by atoms with Crippen molar-refractivity contribution in [2.45, 2.75) is 39.0 Å². The fraction of sp³-hybridized carbons (Fsp3) is 0.462. The number of ether oxygens (including phenoxy) is 1. The van der Waals surface area contributed by atoms with Crippen molar-refractivity contribution >= 4 is 0 Å². The summed E-state index contributed by atoms with van der Waals surface area (Å²) >= 11 is 0. The predicted octanol–water partition coefficient (Wildman–Crippen LogP) is 4.55. The average Bonchev–Trinajstić information content (AvgIpc) is 2.40. The molecule has 7 heteroatoms. The summed E-state index contributed by atoms with van der Waals surface area (Å²) in [6.45, 7) is 4.63. The van der Waals surface area contributed by atoms with Gasteiger partial charge in [0, 0.05) is 0 Å². The predicted molar refractivity (Wildman–Crippen MR) is 63.6 cm³/mol. The van der Waals surface area contributed by atoms with E-state index >= 15 is 0 Å². The maximum atomic E-state index is 12.9. The number of hydrogen-bond acceptors (Lipinski definition) is 2. The molecular formula is C13H14F5NO. The molecule has 0 aromatic heterocycles. The van der Waals surface area contributed by atoms with Crippen LogP contribution in [0.4, 0.5) is 22.0 Å². The molecule has 0 fully saturated rings. The van der Waals surface area contributed by atoms with Crippen LogP contribution in [0.15, 0.2) is 24.3 Å². The number of alkyl halides is 5. The Labute approximate surface area is 113 Å². The SMILES string of the molecule is CC.CC(Oc1ccc(C#N)cc1)C(F)(F)C(F)(F)F. The van der Waals surface area contributed by atoms with E-state index in [4.69, 9.17) is 5.26 Å². The minimum atomic E-state index is -5.67. The summed E-state index contributed by atoms with van der Waals surface area (Å²) in [4.78, 5) is 0. The fourth-order valence-corrected chi connectivity index (χ4v) is 1.12. The Bertz CT molecular complexity index is 447. The molecular weight excluding hydrogens is 281 g/mol. The summed E-state index contributed by atoms with van der Waals surface area (Å²) in [7, 11) is 0. The van der Waals surface area contributed by atoms with Crippen molar-refractivity contribution in [1.82, 2.24) is 0 Å². The van der Waals surface area contributed by atoms with Crippen LogP contribution in [0.5, 0.6) is 5.75 Å². The number of rotatable bonds is 3. The van der Waals surface area contributed by atoms with Crippen molar-refractivity contribution in [2.75, 3.05) is 0 Å². The Kier molecular flexibility index (Phi) is 6.43. The maximum Gasteiger partial charge on any atom is 0.457 e. The van der Waals surface area contributed by atoms with Gasteiger partial charge in [0.05, 0.1) is 11.6 Å². The van der Waals surface area contributed by atoms with E-state index < -0.39 is 18.2 Å². The topological polar surface area (TPSA) is 33.0 Å². The van der Waals surface area contributed by atoms with E-state index in [1.165, 1.54) is 12.1 Å². The molecule has 0 radical (unpaired) electrons. The molecule has 112 valence electrons. The lowest BCUT2D eigenvalue weighted by Crippen LogP contribution is -2.48. The summed E-state index contributed by atoms with van der Waals surface area (Å²) in [5, 5.41) is 8.49. The minimum Gasteiger partial charge on any atom is -0.484 e. The maximum absolute atomic E-state index is 12.9. The van der Waals surface area contributed by atoms with Crippen LogP contribution in [0.1, 0.15) is 26.3 Å². The van der Waals surface area contributed by atoms with Crippen molar-refractivity contribution in [3.63, 3.8) is 0 Å². The molecule has 1 atom stereocenters. The van der Waals surface area contributed by atoms with Gasteiger partial charge in [0.1, 0.15) is 5.75 Å². The van der Waals surface area contributed by atoms with Gasteiger partial charge >= 0.3 is 12.1 Å². The highest BCUT2D eigenvalue weighted by molar-refractivity contribution is 5.34. The number of halogens is 5. The summed E-state index contributed by atoms with van der Waals surface area (Å²) in [5.41, 5.74) is 0.248. The molecule has 0 bridgehead atoms. The Hall–Kier alpha value is -1.84. The third-order valence-electron chi connectivity index (χ3n) is 2.18. The van der Waals surface area contributed by atoms with Gasteiger partial charge < -0.3 is 4.74 Å². The van der Waals surface area contributed by atoms with E-state index in [0.29, 0.717) is 6.92 Å². The van der Waals surface area contributed by atoms with Gasteiger partial charge in [-0.25, -0.2) is 0 Å². The summed E-state index contributed by atoms with van der Waals surface area (Å²) in [6.07, 6.45) is -8.02. The van der Waals surface area contributed by atoms with E-state index in [9.17, 15) is 22.0 Å². The molecule has 20 heavy (non-hydrogen) atoms. The monoisotopic (exact) mass is 295 g/mol.